The lowest BCUT2D eigenvalue weighted by molar-refractivity contribution is -0.121. The van der Waals surface area contributed by atoms with Crippen molar-refractivity contribution in [2.45, 2.75) is 46.5 Å². The second kappa shape index (κ2) is 7.37. The Bertz CT molecular complexity index is 141. The average molecular weight is 205 g/mol. The van der Waals surface area contributed by atoms with E-state index in [2.05, 4.69) is 13.8 Å². The molecule has 0 saturated heterocycles. The molecule has 0 amide bonds. The van der Waals surface area contributed by atoms with Gasteiger partial charge < -0.3 is 0 Å². The van der Waals surface area contributed by atoms with Crippen LogP contribution in [0.25, 0.3) is 0 Å². The van der Waals surface area contributed by atoms with Crippen molar-refractivity contribution >= 4 is 17.4 Å². The zero-order valence-corrected chi connectivity index (χ0v) is 9.73. The van der Waals surface area contributed by atoms with E-state index >= 15 is 0 Å². The fraction of sp³-hybridized carbons (Fsp3) is 0.909. The lowest BCUT2D eigenvalue weighted by atomic mass is 9.87. The van der Waals surface area contributed by atoms with E-state index in [1.165, 1.54) is 12.8 Å². The normalized spacial score (nSPS) is 13.3. The minimum absolute atomic E-state index is 0.197. The van der Waals surface area contributed by atoms with E-state index in [0.717, 1.165) is 12.8 Å². The van der Waals surface area contributed by atoms with E-state index in [1.54, 1.807) is 6.92 Å². The predicted molar refractivity (Wildman–Crippen MR) is 58.2 cm³/mol. The summed E-state index contributed by atoms with van der Waals surface area (Å²) in [7, 11) is 0. The zero-order chi connectivity index (χ0) is 10.3. The largest absolute Gasteiger partial charge is 0.300 e. The van der Waals surface area contributed by atoms with E-state index in [4.69, 9.17) is 11.6 Å². The van der Waals surface area contributed by atoms with Gasteiger partial charge >= 0.3 is 0 Å². The second-order valence-corrected chi connectivity index (χ2v) is 4.08. The Morgan fingerprint density at radius 2 is 1.85 bits per heavy atom. The molecule has 0 aromatic rings. The fourth-order valence-corrected chi connectivity index (χ4v) is 1.91. The molecule has 1 unspecified atom stereocenters. The molecule has 0 rings (SSSR count). The molecule has 2 heteroatoms. The first-order valence-corrected chi connectivity index (χ1v) is 5.75. The molecule has 0 radical (unpaired) electrons. The Kier molecular flexibility index (Phi) is 7.35. The molecule has 0 aliphatic heterocycles. The average Bonchev–Trinajstić information content (AvgIpc) is 2.11. The van der Waals surface area contributed by atoms with Gasteiger partial charge in [-0.25, -0.2) is 0 Å². The van der Waals surface area contributed by atoms with E-state index < -0.39 is 0 Å². The maximum atomic E-state index is 11.2. The number of hydrogen-bond acceptors (Lipinski definition) is 1. The Balaban J connectivity index is 3.99. The van der Waals surface area contributed by atoms with Gasteiger partial charge in [-0.3, -0.25) is 4.79 Å². The van der Waals surface area contributed by atoms with E-state index in [9.17, 15) is 4.79 Å². The van der Waals surface area contributed by atoms with Gasteiger partial charge in [-0.15, -0.1) is 11.6 Å². The van der Waals surface area contributed by atoms with Gasteiger partial charge in [0.05, 0.1) is 0 Å². The summed E-state index contributed by atoms with van der Waals surface area (Å²) < 4.78 is 0. The van der Waals surface area contributed by atoms with Gasteiger partial charge in [-0.1, -0.05) is 26.7 Å². The number of ketones is 1. The third-order valence-electron chi connectivity index (χ3n) is 2.81. The van der Waals surface area contributed by atoms with Crippen LogP contribution in [0.5, 0.6) is 0 Å². The first-order chi connectivity index (χ1) is 6.15. The first-order valence-electron chi connectivity index (χ1n) is 5.22. The molecular formula is C11H21ClO. The van der Waals surface area contributed by atoms with Crippen LogP contribution < -0.4 is 0 Å². The summed E-state index contributed by atoms with van der Waals surface area (Å²) in [5, 5.41) is 0. The van der Waals surface area contributed by atoms with Gasteiger partial charge in [0.1, 0.15) is 5.78 Å². The van der Waals surface area contributed by atoms with E-state index in [-0.39, 0.29) is 5.92 Å². The highest BCUT2D eigenvalue weighted by Gasteiger charge is 2.17. The van der Waals surface area contributed by atoms with Gasteiger partial charge in [-0.05, 0) is 25.7 Å². The number of carbonyl (C=O) groups is 1. The van der Waals surface area contributed by atoms with Gasteiger partial charge in [0.25, 0.3) is 0 Å². The highest BCUT2D eigenvalue weighted by molar-refractivity contribution is 6.18. The highest BCUT2D eigenvalue weighted by Crippen LogP contribution is 2.22. The molecule has 1 nitrogen and oxygen atoms in total. The summed E-state index contributed by atoms with van der Waals surface area (Å²) in [6.45, 7) is 6.05. The molecule has 0 aromatic carbocycles. The Hall–Kier alpha value is -0.0400. The quantitative estimate of drug-likeness (QED) is 0.579. The van der Waals surface area contributed by atoms with Gasteiger partial charge in [0.2, 0.25) is 0 Å². The summed E-state index contributed by atoms with van der Waals surface area (Å²) >= 11 is 5.66. The van der Waals surface area contributed by atoms with Crippen LogP contribution in [0.1, 0.15) is 46.5 Å². The smallest absolute Gasteiger partial charge is 0.132 e. The molecule has 0 aliphatic carbocycles. The summed E-state index contributed by atoms with van der Waals surface area (Å²) in [4.78, 5) is 11.2. The van der Waals surface area contributed by atoms with Crippen LogP contribution in [0.2, 0.25) is 0 Å². The predicted octanol–water partition coefficient (Wildman–Crippen LogP) is 3.65. The van der Waals surface area contributed by atoms with Gasteiger partial charge in [0, 0.05) is 11.8 Å². The number of halogens is 1. The SMILES string of the molecule is CCC(CC)CC(CCCl)C(C)=O. The van der Waals surface area contributed by atoms with Crippen molar-refractivity contribution in [3.8, 4) is 0 Å². The molecule has 0 N–H and O–H groups in total. The topological polar surface area (TPSA) is 17.1 Å². The number of hydrogen-bond donors (Lipinski definition) is 0. The van der Waals surface area contributed by atoms with Crippen LogP contribution in [0.4, 0.5) is 0 Å². The van der Waals surface area contributed by atoms with Crippen molar-refractivity contribution < 1.29 is 4.79 Å². The third kappa shape index (κ3) is 5.30. The van der Waals surface area contributed by atoms with Crippen molar-refractivity contribution in [1.82, 2.24) is 0 Å². The molecule has 0 aromatic heterocycles. The molecule has 0 spiro atoms. The van der Waals surface area contributed by atoms with Crippen LogP contribution in [0.15, 0.2) is 0 Å². The number of rotatable bonds is 7. The third-order valence-corrected chi connectivity index (χ3v) is 3.02. The Morgan fingerprint density at radius 3 is 2.15 bits per heavy atom. The summed E-state index contributed by atoms with van der Waals surface area (Å²) in [6.07, 6.45) is 4.20. The molecule has 0 bridgehead atoms. The molecule has 0 saturated carbocycles. The lowest BCUT2D eigenvalue weighted by Crippen LogP contribution is -2.16. The van der Waals surface area contributed by atoms with E-state index in [0.29, 0.717) is 17.6 Å². The minimum atomic E-state index is 0.197. The van der Waals surface area contributed by atoms with Crippen LogP contribution >= 0.6 is 11.6 Å². The summed E-state index contributed by atoms with van der Waals surface area (Å²) in [6, 6.07) is 0. The molecule has 0 aliphatic rings. The van der Waals surface area contributed by atoms with Crippen molar-refractivity contribution in [3.63, 3.8) is 0 Å². The van der Waals surface area contributed by atoms with Crippen LogP contribution in [-0.2, 0) is 4.79 Å². The van der Waals surface area contributed by atoms with Crippen molar-refractivity contribution in [2.75, 3.05) is 5.88 Å². The van der Waals surface area contributed by atoms with Crippen LogP contribution in [0, 0.1) is 11.8 Å². The van der Waals surface area contributed by atoms with Crippen LogP contribution in [-0.4, -0.2) is 11.7 Å². The van der Waals surface area contributed by atoms with Crippen molar-refractivity contribution in [2.24, 2.45) is 11.8 Å². The highest BCUT2D eigenvalue weighted by atomic mass is 35.5. The Labute approximate surface area is 86.9 Å². The van der Waals surface area contributed by atoms with Crippen LogP contribution in [0.3, 0.4) is 0 Å². The monoisotopic (exact) mass is 204 g/mol. The standard InChI is InChI=1S/C11H21ClO/c1-4-10(5-2)8-11(6-7-12)9(3)13/h10-11H,4-8H2,1-3H3. The van der Waals surface area contributed by atoms with Crippen molar-refractivity contribution in [3.05, 3.63) is 0 Å². The van der Waals surface area contributed by atoms with Gasteiger partial charge in [0.15, 0.2) is 0 Å². The minimum Gasteiger partial charge on any atom is -0.300 e. The maximum Gasteiger partial charge on any atom is 0.132 e. The lowest BCUT2D eigenvalue weighted by Gasteiger charge is -2.18. The Morgan fingerprint density at radius 1 is 1.31 bits per heavy atom. The van der Waals surface area contributed by atoms with Gasteiger partial charge in [-0.2, -0.15) is 0 Å². The molecule has 1 atom stereocenters. The molecule has 0 heterocycles. The number of Topliss-reactive ketones (excluding diaryl/α,β-unsaturated/α-hetero) is 1. The van der Waals surface area contributed by atoms with E-state index in [1.807, 2.05) is 0 Å². The molecule has 13 heavy (non-hydrogen) atoms. The zero-order valence-electron chi connectivity index (χ0n) is 8.98. The number of carbonyl (C=O) groups excluding carboxylic acids is 1. The maximum absolute atomic E-state index is 11.2. The fourth-order valence-electron chi connectivity index (χ4n) is 1.64. The molecule has 78 valence electrons. The molecule has 0 fully saturated rings. The van der Waals surface area contributed by atoms with Crippen molar-refractivity contribution in [1.29, 1.82) is 0 Å². The second-order valence-electron chi connectivity index (χ2n) is 3.70. The number of alkyl halides is 1. The summed E-state index contributed by atoms with van der Waals surface area (Å²) in [5.41, 5.74) is 0. The first kappa shape index (κ1) is 13.0. The summed E-state index contributed by atoms with van der Waals surface area (Å²) in [5.74, 6) is 1.79. The molecular weight excluding hydrogens is 184 g/mol.